The molecule has 1 aliphatic carbocycles. The lowest BCUT2D eigenvalue weighted by atomic mass is 10.0. The molecule has 1 aromatic heterocycles. The van der Waals surface area contributed by atoms with Crippen LogP contribution in [-0.4, -0.2) is 30.0 Å². The lowest BCUT2D eigenvalue weighted by Gasteiger charge is -2.09. The lowest BCUT2D eigenvalue weighted by Crippen LogP contribution is -2.30. The second kappa shape index (κ2) is 12.8. The third-order valence-electron chi connectivity index (χ3n) is 7.40. The first-order chi connectivity index (χ1) is 22.5. The monoisotopic (exact) mass is 672 g/mol. The molecule has 6 rings (SSSR count). The molecule has 47 heavy (non-hydrogen) atoms. The Morgan fingerprint density at radius 1 is 0.979 bits per heavy atom. The quantitative estimate of drug-likeness (QED) is 0.103. The van der Waals surface area contributed by atoms with E-state index in [1.165, 1.54) is 60.7 Å². The van der Waals surface area contributed by atoms with Gasteiger partial charge in [0.15, 0.2) is 0 Å². The largest absolute Gasteiger partial charge is 0.426 e. The van der Waals surface area contributed by atoms with Gasteiger partial charge in [0.25, 0.3) is 9.84 Å². The number of hydrogen-bond acceptors (Lipinski definition) is 9. The third kappa shape index (κ3) is 6.48. The average molecular weight is 673 g/mol. The number of esters is 1. The van der Waals surface area contributed by atoms with Gasteiger partial charge in [-0.15, -0.1) is 0 Å². The van der Waals surface area contributed by atoms with Gasteiger partial charge >= 0.3 is 16.9 Å². The van der Waals surface area contributed by atoms with E-state index in [0.29, 0.717) is 16.0 Å². The summed E-state index contributed by atoms with van der Waals surface area (Å²) in [4.78, 5) is 13.5. The fraction of sp³-hybridized carbons (Fsp3) is 0.0882. The van der Waals surface area contributed by atoms with Crippen molar-refractivity contribution in [2.24, 2.45) is 0 Å². The normalized spacial score (nSPS) is 14.2. The van der Waals surface area contributed by atoms with Crippen molar-refractivity contribution < 1.29 is 40.8 Å². The Balaban J connectivity index is 1.23. The van der Waals surface area contributed by atoms with E-state index in [2.05, 4.69) is 9.79 Å². The molecule has 0 bridgehead atoms. The van der Waals surface area contributed by atoms with Crippen LogP contribution < -0.4 is 14.4 Å². The minimum Gasteiger partial charge on any atom is -0.426 e. The summed E-state index contributed by atoms with van der Waals surface area (Å²) in [5.74, 6) is -1.62. The molecule has 4 aromatic carbocycles. The van der Waals surface area contributed by atoms with Gasteiger partial charge in [-0.2, -0.15) is 0 Å². The van der Waals surface area contributed by atoms with E-state index in [4.69, 9.17) is 9.47 Å². The van der Waals surface area contributed by atoms with Gasteiger partial charge in [0.05, 0.1) is 16.5 Å². The summed E-state index contributed by atoms with van der Waals surface area (Å²) in [5, 5.41) is 14.9. The number of halogens is 1. The van der Waals surface area contributed by atoms with E-state index in [-0.39, 0.29) is 27.7 Å². The van der Waals surface area contributed by atoms with E-state index < -0.39 is 43.3 Å². The molecule has 1 heterocycles. The number of allylic oxidation sites excluding steroid dienone is 2. The molecule has 0 amide bonds. The zero-order valence-corrected chi connectivity index (χ0v) is 26.5. The fourth-order valence-corrected chi connectivity index (χ4v) is 6.94. The van der Waals surface area contributed by atoms with Crippen LogP contribution in [0.25, 0.3) is 17.2 Å². The summed E-state index contributed by atoms with van der Waals surface area (Å²) >= 11 is 0. The molecule has 0 radical (unpaired) electrons. The minimum absolute atomic E-state index is 0.0144. The highest BCUT2D eigenvalue weighted by Crippen LogP contribution is 2.44. The Morgan fingerprint density at radius 3 is 2.43 bits per heavy atom. The summed E-state index contributed by atoms with van der Waals surface area (Å²) < 4.78 is 68.0. The van der Waals surface area contributed by atoms with Gasteiger partial charge in [-0.05, 0) is 99.8 Å². The van der Waals surface area contributed by atoms with Crippen molar-refractivity contribution in [2.45, 2.75) is 28.2 Å². The molecule has 13 heteroatoms. The topological polar surface area (TPSA) is 140 Å². The van der Waals surface area contributed by atoms with Gasteiger partial charge in [-0.1, -0.05) is 42.5 Å². The van der Waals surface area contributed by atoms with Crippen LogP contribution in [0.4, 0.5) is 4.39 Å². The minimum atomic E-state index is -4.35. The summed E-state index contributed by atoms with van der Waals surface area (Å²) in [5.41, 5.74) is 4.35. The van der Waals surface area contributed by atoms with Crippen LogP contribution in [0.15, 0.2) is 122 Å². The maximum absolute atomic E-state index is 14.4. The number of nitrogens with zero attached hydrogens (tertiary/aromatic N) is 2. The summed E-state index contributed by atoms with van der Waals surface area (Å²) in [6.45, 7) is 1.84. The molecule has 0 N–H and O–H groups in total. The van der Waals surface area contributed by atoms with Gasteiger partial charge in [0, 0.05) is 28.0 Å². The van der Waals surface area contributed by atoms with Crippen molar-refractivity contribution in [3.05, 3.63) is 130 Å². The molecule has 1 aliphatic rings. The average Bonchev–Trinajstić information content (AvgIpc) is 3.54. The first kappa shape index (κ1) is 31.6. The molecule has 0 saturated carbocycles. The van der Waals surface area contributed by atoms with Crippen LogP contribution in [0.1, 0.15) is 30.0 Å². The highest BCUT2D eigenvalue weighted by atomic mass is 32.2. The first-order valence-corrected chi connectivity index (χ1v) is 17.1. The molecule has 1 atom stereocenters. The molecule has 1 unspecified atom stereocenters. The summed E-state index contributed by atoms with van der Waals surface area (Å²) in [6, 6.07) is 24.7. The van der Waals surface area contributed by atoms with Crippen LogP contribution in [0.2, 0.25) is 0 Å². The van der Waals surface area contributed by atoms with Gasteiger partial charge in [-0.25, -0.2) is 12.8 Å². The van der Waals surface area contributed by atoms with Crippen molar-refractivity contribution in [1.29, 1.82) is 0 Å². The number of ether oxygens (including phenoxy) is 2. The van der Waals surface area contributed by atoms with E-state index in [0.717, 1.165) is 22.3 Å². The van der Waals surface area contributed by atoms with Crippen LogP contribution in [0.5, 0.6) is 17.4 Å². The number of hydrogen-bond donors (Lipinski definition) is 0. The number of carbonyl (C=O) groups is 1. The highest BCUT2D eigenvalue weighted by molar-refractivity contribution is 7.91. The Bertz CT molecular complexity index is 2210. The lowest BCUT2D eigenvalue weighted by molar-refractivity contribution is -0.832. The van der Waals surface area contributed by atoms with Gasteiger partial charge in [0.1, 0.15) is 17.3 Å². The van der Waals surface area contributed by atoms with Crippen LogP contribution >= 0.6 is 0 Å². The Hall–Kier alpha value is -5.40. The molecular formula is C34H25FN2O8S2. The van der Waals surface area contributed by atoms with Gasteiger partial charge < -0.3 is 14.7 Å². The van der Waals surface area contributed by atoms with Crippen molar-refractivity contribution in [3.63, 3.8) is 0 Å². The van der Waals surface area contributed by atoms with Crippen molar-refractivity contribution in [3.8, 4) is 17.4 Å². The smallest absolute Gasteiger partial charge is 0.420 e. The Kier molecular flexibility index (Phi) is 8.58. The molecule has 5 aromatic rings. The number of aromatic nitrogens is 2. The van der Waals surface area contributed by atoms with Crippen molar-refractivity contribution in [1.82, 2.24) is 5.16 Å². The predicted molar refractivity (Wildman–Crippen MR) is 170 cm³/mol. The fourth-order valence-electron chi connectivity index (χ4n) is 5.14. The summed E-state index contributed by atoms with van der Waals surface area (Å²) in [7, 11) is -5.46. The predicted octanol–water partition coefficient (Wildman–Crippen LogP) is 6.13. The van der Waals surface area contributed by atoms with Crippen LogP contribution in [0, 0.1) is 11.0 Å². The number of rotatable bonds is 9. The third-order valence-corrected chi connectivity index (χ3v) is 10.1. The number of benzene rings is 4. The maximum Gasteiger partial charge on any atom is 0.420 e. The number of fused-ring (bicyclic) bond motifs is 1. The Morgan fingerprint density at radius 2 is 1.70 bits per heavy atom. The number of sulfone groups is 1. The van der Waals surface area contributed by atoms with E-state index in [9.17, 15) is 27.0 Å². The second-order valence-electron chi connectivity index (χ2n) is 10.5. The molecule has 238 valence electrons. The van der Waals surface area contributed by atoms with E-state index in [1.54, 1.807) is 30.5 Å². The molecule has 0 aliphatic heterocycles. The molecule has 0 fully saturated rings. The molecule has 0 spiro atoms. The highest BCUT2D eigenvalue weighted by Gasteiger charge is 2.36. The van der Waals surface area contributed by atoms with E-state index >= 15 is 0 Å². The van der Waals surface area contributed by atoms with Gasteiger partial charge in [-0.3, -0.25) is 13.6 Å². The zero-order valence-electron chi connectivity index (χ0n) is 24.9. The molecule has 0 saturated heterocycles. The maximum atomic E-state index is 14.4. The van der Waals surface area contributed by atoms with Crippen LogP contribution in [-0.2, 0) is 25.4 Å². The Labute approximate surface area is 271 Å². The molecule has 10 nitrogen and oxygen atoms in total. The first-order valence-electron chi connectivity index (χ1n) is 14.1. The van der Waals surface area contributed by atoms with Crippen LogP contribution in [0.3, 0.4) is 0 Å². The van der Waals surface area contributed by atoms with Crippen molar-refractivity contribution >= 4 is 43.8 Å². The number of carbonyl (C=O) groups excluding carboxylic acids is 1. The van der Waals surface area contributed by atoms with E-state index in [1.807, 2.05) is 25.1 Å². The zero-order chi connectivity index (χ0) is 33.3. The van der Waals surface area contributed by atoms with Gasteiger partial charge in [0.2, 0.25) is 0 Å². The summed E-state index contributed by atoms with van der Waals surface area (Å²) in [6.07, 6.45) is 3.35. The SMILES string of the molecule is CC1=C(CC(=O)Oc2cccc(Oc3no[n+]([O-])c3S(=O)(=O)c3ccccc3)c2)c2cc(F)ccc2/C1=C\c1ccc(S(C)=O)cc1. The standard InChI is InChI=1S/C34H25FN2O8S2/c1-21-29(17-22-11-14-26(15-12-22)46(2)40)28-16-13-23(35)18-31(28)30(21)20-32(38)43-24-7-6-8-25(19-24)44-33-34(37(39)45-36-33)47(41,42)27-9-4-3-5-10-27/h3-19H,20H2,1-2H3/b29-17-. The molecular weight excluding hydrogens is 648 g/mol. The second-order valence-corrected chi connectivity index (χ2v) is 13.7. The van der Waals surface area contributed by atoms with Crippen molar-refractivity contribution in [2.75, 3.05) is 6.26 Å².